The lowest BCUT2D eigenvalue weighted by Crippen LogP contribution is -2.42. The lowest BCUT2D eigenvalue weighted by atomic mass is 9.69. The molecule has 1 aromatic carbocycles. The Labute approximate surface area is 127 Å². The summed E-state index contributed by atoms with van der Waals surface area (Å²) in [6, 6.07) is 10.8. The van der Waals surface area contributed by atoms with Gasteiger partial charge in [-0.1, -0.05) is 38.8 Å². The van der Waals surface area contributed by atoms with Crippen LogP contribution in [0.1, 0.15) is 50.8 Å². The first-order valence-electron chi connectivity index (χ1n) is 8.15. The van der Waals surface area contributed by atoms with Gasteiger partial charge in [-0.05, 0) is 55.4 Å². The Balaban J connectivity index is 1.96. The van der Waals surface area contributed by atoms with Gasteiger partial charge in [0, 0.05) is 16.6 Å². The van der Waals surface area contributed by atoms with Crippen molar-refractivity contribution >= 4 is 10.9 Å². The molecule has 0 bridgehead atoms. The quantitative estimate of drug-likeness (QED) is 0.878. The number of aryl methyl sites for hydroxylation is 1. The van der Waals surface area contributed by atoms with E-state index in [2.05, 4.69) is 49.2 Å². The number of rotatable bonds is 2. The Morgan fingerprint density at radius 2 is 2.05 bits per heavy atom. The predicted molar refractivity (Wildman–Crippen MR) is 89.1 cm³/mol. The molecule has 2 heteroatoms. The summed E-state index contributed by atoms with van der Waals surface area (Å²) in [4.78, 5) is 4.59. The molecule has 0 radical (unpaired) electrons. The minimum atomic E-state index is -0.160. The third-order valence-corrected chi connectivity index (χ3v) is 5.17. The molecule has 3 rings (SSSR count). The van der Waals surface area contributed by atoms with Crippen molar-refractivity contribution in [3.05, 3.63) is 41.6 Å². The van der Waals surface area contributed by atoms with E-state index in [9.17, 15) is 0 Å². The first-order chi connectivity index (χ1) is 9.98. The summed E-state index contributed by atoms with van der Waals surface area (Å²) in [5.74, 6) is 1.47. The van der Waals surface area contributed by atoms with Gasteiger partial charge < -0.3 is 5.73 Å². The van der Waals surface area contributed by atoms with Gasteiger partial charge in [0.2, 0.25) is 0 Å². The highest BCUT2D eigenvalue weighted by Crippen LogP contribution is 2.41. The number of nitrogens with zero attached hydrogens (tertiary/aromatic N) is 1. The first kappa shape index (κ1) is 14.5. The molecule has 2 atom stereocenters. The van der Waals surface area contributed by atoms with E-state index < -0.39 is 0 Å². The fourth-order valence-electron chi connectivity index (χ4n) is 3.72. The molecule has 0 spiro atoms. The van der Waals surface area contributed by atoms with Crippen LogP contribution in [-0.2, 0) is 5.54 Å². The van der Waals surface area contributed by atoms with Crippen LogP contribution >= 0.6 is 0 Å². The van der Waals surface area contributed by atoms with Crippen LogP contribution in [-0.4, -0.2) is 4.98 Å². The molecule has 2 N–H and O–H groups in total. The average molecular weight is 282 g/mol. The van der Waals surface area contributed by atoms with Crippen molar-refractivity contribution < 1.29 is 0 Å². The number of hydrogen-bond donors (Lipinski definition) is 1. The topological polar surface area (TPSA) is 38.9 Å². The van der Waals surface area contributed by atoms with Crippen molar-refractivity contribution in [1.29, 1.82) is 0 Å². The van der Waals surface area contributed by atoms with Crippen molar-refractivity contribution in [3.63, 3.8) is 0 Å². The van der Waals surface area contributed by atoms with Crippen LogP contribution in [0.5, 0.6) is 0 Å². The van der Waals surface area contributed by atoms with Crippen LogP contribution in [0.2, 0.25) is 0 Å². The molecule has 21 heavy (non-hydrogen) atoms. The minimum absolute atomic E-state index is 0.160. The number of hydrogen-bond acceptors (Lipinski definition) is 2. The van der Waals surface area contributed by atoms with Gasteiger partial charge in [0.1, 0.15) is 0 Å². The molecule has 0 amide bonds. The highest BCUT2D eigenvalue weighted by atomic mass is 14.8. The van der Waals surface area contributed by atoms with E-state index in [1.807, 2.05) is 6.92 Å². The molecule has 1 aromatic heterocycles. The van der Waals surface area contributed by atoms with Gasteiger partial charge in [-0.25, -0.2) is 0 Å². The lowest BCUT2D eigenvalue weighted by molar-refractivity contribution is 0.184. The molecule has 0 aliphatic heterocycles. The summed E-state index contributed by atoms with van der Waals surface area (Å²) in [5.41, 5.74) is 10.1. The molecule has 2 aromatic rings. The van der Waals surface area contributed by atoms with E-state index in [4.69, 9.17) is 5.73 Å². The van der Waals surface area contributed by atoms with Gasteiger partial charge in [-0.15, -0.1) is 0 Å². The van der Waals surface area contributed by atoms with E-state index in [0.29, 0.717) is 0 Å². The van der Waals surface area contributed by atoms with Gasteiger partial charge >= 0.3 is 0 Å². The van der Waals surface area contributed by atoms with Gasteiger partial charge in [0.15, 0.2) is 0 Å². The number of aromatic nitrogens is 1. The summed E-state index contributed by atoms with van der Waals surface area (Å²) < 4.78 is 0. The Bertz CT molecular complexity index is 647. The summed E-state index contributed by atoms with van der Waals surface area (Å²) in [6.07, 6.45) is 4.77. The molecule has 2 unspecified atom stereocenters. The molecule has 0 saturated heterocycles. The third-order valence-electron chi connectivity index (χ3n) is 5.17. The minimum Gasteiger partial charge on any atom is -0.321 e. The molecule has 1 heterocycles. The van der Waals surface area contributed by atoms with Crippen molar-refractivity contribution in [2.24, 2.45) is 17.6 Å². The number of pyridine rings is 1. The fourth-order valence-corrected chi connectivity index (χ4v) is 3.72. The predicted octanol–water partition coefficient (Wildman–Crippen LogP) is 4.54. The fraction of sp³-hybridized carbons (Fsp3) is 0.526. The second kappa shape index (κ2) is 5.42. The molecular weight excluding hydrogens is 256 g/mol. The van der Waals surface area contributed by atoms with E-state index in [1.54, 1.807) is 0 Å². The van der Waals surface area contributed by atoms with Gasteiger partial charge in [0.25, 0.3) is 0 Å². The first-order valence-corrected chi connectivity index (χ1v) is 8.15. The number of fused-ring (bicyclic) bond motifs is 1. The maximum atomic E-state index is 6.81. The third kappa shape index (κ3) is 2.82. The van der Waals surface area contributed by atoms with Crippen LogP contribution in [0.4, 0.5) is 0 Å². The molecule has 1 fully saturated rings. The zero-order valence-electron chi connectivity index (χ0n) is 13.4. The average Bonchev–Trinajstić information content (AvgIpc) is 2.46. The van der Waals surface area contributed by atoms with E-state index in [1.165, 1.54) is 23.8 Å². The van der Waals surface area contributed by atoms with E-state index in [0.717, 1.165) is 35.9 Å². The summed E-state index contributed by atoms with van der Waals surface area (Å²) >= 11 is 0. The van der Waals surface area contributed by atoms with Crippen LogP contribution in [0.15, 0.2) is 30.3 Å². The smallest absolute Gasteiger partial charge is 0.0705 e. The van der Waals surface area contributed by atoms with Gasteiger partial charge in [0.05, 0.1) is 5.52 Å². The van der Waals surface area contributed by atoms with Crippen molar-refractivity contribution in [2.45, 2.75) is 52.0 Å². The molecule has 2 nitrogen and oxygen atoms in total. The Hall–Kier alpha value is -1.41. The van der Waals surface area contributed by atoms with Crippen molar-refractivity contribution in [3.8, 4) is 0 Å². The zero-order valence-corrected chi connectivity index (χ0v) is 13.4. The van der Waals surface area contributed by atoms with Crippen molar-refractivity contribution in [2.75, 3.05) is 0 Å². The molecular formula is C19H26N2. The maximum Gasteiger partial charge on any atom is 0.0705 e. The van der Waals surface area contributed by atoms with Gasteiger partial charge in [-0.2, -0.15) is 0 Å². The van der Waals surface area contributed by atoms with Crippen LogP contribution in [0.3, 0.4) is 0 Å². The Morgan fingerprint density at radius 1 is 1.24 bits per heavy atom. The normalized spacial score (nSPS) is 26.4. The second-order valence-corrected chi connectivity index (χ2v) is 7.12. The zero-order chi connectivity index (χ0) is 15.0. The van der Waals surface area contributed by atoms with Crippen LogP contribution in [0, 0.1) is 18.8 Å². The SMILES string of the molecule is Cc1ccc2cc(C3(N)CCCC(C(C)C)C3)ccc2n1. The van der Waals surface area contributed by atoms with Crippen molar-refractivity contribution in [1.82, 2.24) is 4.98 Å². The van der Waals surface area contributed by atoms with E-state index in [-0.39, 0.29) is 5.54 Å². The molecule has 1 aliphatic carbocycles. The molecule has 112 valence electrons. The Morgan fingerprint density at radius 3 is 2.81 bits per heavy atom. The highest BCUT2D eigenvalue weighted by molar-refractivity contribution is 5.79. The molecule has 1 aliphatic rings. The maximum absolute atomic E-state index is 6.81. The van der Waals surface area contributed by atoms with Gasteiger partial charge in [-0.3, -0.25) is 4.98 Å². The summed E-state index contributed by atoms with van der Waals surface area (Å²) in [5, 5.41) is 1.20. The number of nitrogens with two attached hydrogens (primary N) is 1. The second-order valence-electron chi connectivity index (χ2n) is 7.12. The highest BCUT2D eigenvalue weighted by Gasteiger charge is 2.35. The summed E-state index contributed by atoms with van der Waals surface area (Å²) in [6.45, 7) is 6.68. The van der Waals surface area contributed by atoms with Crippen LogP contribution in [0.25, 0.3) is 10.9 Å². The lowest BCUT2D eigenvalue weighted by Gasteiger charge is -2.40. The number of benzene rings is 1. The Kier molecular flexibility index (Phi) is 3.75. The summed E-state index contributed by atoms with van der Waals surface area (Å²) in [7, 11) is 0. The van der Waals surface area contributed by atoms with E-state index >= 15 is 0 Å². The monoisotopic (exact) mass is 282 g/mol. The molecule has 1 saturated carbocycles. The van der Waals surface area contributed by atoms with Crippen LogP contribution < -0.4 is 5.73 Å². The largest absolute Gasteiger partial charge is 0.321 e. The standard InChI is InChI=1S/C19H26N2/c1-13(2)16-5-4-10-19(20,12-16)17-8-9-18-15(11-17)7-6-14(3)21-18/h6-9,11,13,16H,4-5,10,12,20H2,1-3H3.